The second-order valence-corrected chi connectivity index (χ2v) is 4.51. The average Bonchev–Trinajstić information content (AvgIpc) is 2.97. The highest BCUT2D eigenvalue weighted by Crippen LogP contribution is 2.15. The molecule has 0 unspecified atom stereocenters. The van der Waals surface area contributed by atoms with E-state index >= 15 is 0 Å². The molecule has 1 aromatic heterocycles. The first-order valence-corrected chi connectivity index (χ1v) is 6.42. The Morgan fingerprint density at radius 1 is 1.18 bits per heavy atom. The van der Waals surface area contributed by atoms with E-state index < -0.39 is 4.92 Å². The summed E-state index contributed by atoms with van der Waals surface area (Å²) in [6.45, 7) is 0. The third kappa shape index (κ3) is 2.59. The molecule has 0 spiro atoms. The third-order valence-corrected chi connectivity index (χ3v) is 3.06. The van der Waals surface area contributed by atoms with E-state index in [2.05, 4.69) is 10.3 Å². The van der Waals surface area contributed by atoms with Crippen LogP contribution < -0.4 is 0 Å². The van der Waals surface area contributed by atoms with Gasteiger partial charge in [-0.05, 0) is 23.8 Å². The molecule has 1 heterocycles. The van der Waals surface area contributed by atoms with Gasteiger partial charge in [0.25, 0.3) is 11.6 Å². The minimum Gasteiger partial charge on any atom is -0.267 e. The number of carbonyl (C=O) groups excluding carboxylic acids is 1. The molecule has 7 heteroatoms. The Kier molecular flexibility index (Phi) is 3.45. The van der Waals surface area contributed by atoms with E-state index in [1.165, 1.54) is 29.0 Å². The summed E-state index contributed by atoms with van der Waals surface area (Å²) in [5, 5.41) is 18.4. The summed E-state index contributed by atoms with van der Waals surface area (Å²) in [6.07, 6.45) is 2.81. The molecule has 0 aliphatic heterocycles. The van der Waals surface area contributed by atoms with E-state index in [1.807, 2.05) is 6.07 Å². The number of fused-ring (bicyclic) bond motifs is 1. The van der Waals surface area contributed by atoms with E-state index in [0.29, 0.717) is 16.6 Å². The Morgan fingerprint density at radius 2 is 2.00 bits per heavy atom. The lowest BCUT2D eigenvalue weighted by Crippen LogP contribution is -2.08. The van der Waals surface area contributed by atoms with Crippen molar-refractivity contribution in [2.24, 2.45) is 0 Å². The summed E-state index contributed by atoms with van der Waals surface area (Å²) in [5.41, 5.74) is 1.77. The van der Waals surface area contributed by atoms with Gasteiger partial charge in [-0.3, -0.25) is 14.9 Å². The molecular formula is C15H10N4O3. The van der Waals surface area contributed by atoms with Gasteiger partial charge in [0.2, 0.25) is 0 Å². The normalized spacial score (nSPS) is 11.1. The van der Waals surface area contributed by atoms with E-state index in [0.717, 1.165) is 0 Å². The van der Waals surface area contributed by atoms with Gasteiger partial charge in [-0.25, -0.2) is 0 Å². The van der Waals surface area contributed by atoms with Crippen molar-refractivity contribution in [3.63, 3.8) is 0 Å². The van der Waals surface area contributed by atoms with Crippen molar-refractivity contribution in [1.29, 1.82) is 0 Å². The van der Waals surface area contributed by atoms with Gasteiger partial charge < -0.3 is 0 Å². The van der Waals surface area contributed by atoms with Crippen molar-refractivity contribution in [2.75, 3.05) is 0 Å². The van der Waals surface area contributed by atoms with Crippen LogP contribution >= 0.6 is 0 Å². The molecule has 7 nitrogen and oxygen atoms in total. The Morgan fingerprint density at radius 3 is 2.82 bits per heavy atom. The number of non-ortho nitro benzene ring substituents is 1. The quantitative estimate of drug-likeness (QED) is 0.421. The maximum Gasteiger partial charge on any atom is 0.272 e. The molecule has 2 aromatic carbocycles. The molecular weight excluding hydrogens is 284 g/mol. The minimum absolute atomic E-state index is 0.0270. The highest BCUT2D eigenvalue weighted by Gasteiger charge is 2.09. The molecule has 0 atom stereocenters. The van der Waals surface area contributed by atoms with Crippen LogP contribution in [0.4, 0.5) is 5.69 Å². The Labute approximate surface area is 124 Å². The fraction of sp³-hybridized carbons (Fsp3) is 0. The number of allylic oxidation sites excluding steroid dienone is 1. The van der Waals surface area contributed by atoms with Gasteiger partial charge in [0.05, 0.1) is 10.4 Å². The van der Waals surface area contributed by atoms with Crippen LogP contribution in [0.1, 0.15) is 10.4 Å². The molecule has 0 amide bonds. The summed E-state index contributed by atoms with van der Waals surface area (Å²) >= 11 is 0. The predicted molar refractivity (Wildman–Crippen MR) is 80.3 cm³/mol. The van der Waals surface area contributed by atoms with Crippen LogP contribution in [0, 0.1) is 10.1 Å². The molecule has 0 radical (unpaired) electrons. The van der Waals surface area contributed by atoms with Crippen LogP contribution in [0.25, 0.3) is 17.1 Å². The predicted octanol–water partition coefficient (Wildman–Crippen LogP) is 2.69. The second kappa shape index (κ2) is 5.57. The SMILES string of the molecule is O=C(C=Cc1cccc([N+](=O)[O-])c1)n1nnc2ccccc21. The molecule has 0 N–H and O–H groups in total. The van der Waals surface area contributed by atoms with E-state index in [9.17, 15) is 14.9 Å². The first kappa shape index (κ1) is 13.6. The Hall–Kier alpha value is -3.35. The zero-order chi connectivity index (χ0) is 15.5. The second-order valence-electron chi connectivity index (χ2n) is 4.51. The number of aromatic nitrogens is 3. The smallest absolute Gasteiger partial charge is 0.267 e. The summed E-state index contributed by atoms with van der Waals surface area (Å²) < 4.78 is 1.18. The van der Waals surface area contributed by atoms with Gasteiger partial charge in [-0.15, -0.1) is 5.10 Å². The summed E-state index contributed by atoms with van der Waals surface area (Å²) in [6, 6.07) is 13.1. The lowest BCUT2D eigenvalue weighted by Gasteiger charge is -1.96. The van der Waals surface area contributed by atoms with Crippen molar-refractivity contribution in [2.45, 2.75) is 0 Å². The molecule has 3 rings (SSSR count). The molecule has 0 saturated carbocycles. The van der Waals surface area contributed by atoms with Crippen LogP contribution in [0.2, 0.25) is 0 Å². The minimum atomic E-state index is -0.482. The first-order chi connectivity index (χ1) is 10.6. The van der Waals surface area contributed by atoms with Crippen LogP contribution in [0.5, 0.6) is 0 Å². The monoisotopic (exact) mass is 294 g/mol. The molecule has 0 saturated heterocycles. The number of nitro benzene ring substituents is 1. The standard InChI is InChI=1S/C15H10N4O3/c20-15(18-14-7-2-1-6-13(14)16-17-18)9-8-11-4-3-5-12(10-11)19(21)22/h1-10H. The molecule has 0 fully saturated rings. The lowest BCUT2D eigenvalue weighted by atomic mass is 10.2. The third-order valence-electron chi connectivity index (χ3n) is 3.06. The molecule has 108 valence electrons. The fourth-order valence-electron chi connectivity index (χ4n) is 2.01. The molecule has 22 heavy (non-hydrogen) atoms. The van der Waals surface area contributed by atoms with Gasteiger partial charge in [-0.2, -0.15) is 4.68 Å². The topological polar surface area (TPSA) is 90.9 Å². The number of nitrogens with zero attached hydrogens (tertiary/aromatic N) is 4. The highest BCUT2D eigenvalue weighted by atomic mass is 16.6. The van der Waals surface area contributed by atoms with Crippen LogP contribution in [-0.4, -0.2) is 25.8 Å². The largest absolute Gasteiger partial charge is 0.272 e. The van der Waals surface area contributed by atoms with Crippen molar-refractivity contribution in [1.82, 2.24) is 15.0 Å². The number of hydrogen-bond acceptors (Lipinski definition) is 5. The van der Waals surface area contributed by atoms with Gasteiger partial charge in [-0.1, -0.05) is 29.5 Å². The number of benzene rings is 2. The lowest BCUT2D eigenvalue weighted by molar-refractivity contribution is -0.384. The van der Waals surface area contributed by atoms with E-state index in [1.54, 1.807) is 30.3 Å². The van der Waals surface area contributed by atoms with Crippen molar-refractivity contribution < 1.29 is 9.72 Å². The fourth-order valence-corrected chi connectivity index (χ4v) is 2.01. The van der Waals surface area contributed by atoms with E-state index in [4.69, 9.17) is 0 Å². The van der Waals surface area contributed by atoms with Gasteiger partial charge in [0.1, 0.15) is 5.52 Å². The van der Waals surface area contributed by atoms with Crippen molar-refractivity contribution in [3.8, 4) is 0 Å². The van der Waals surface area contributed by atoms with Crippen LogP contribution in [-0.2, 0) is 0 Å². The van der Waals surface area contributed by atoms with Gasteiger partial charge in [0.15, 0.2) is 0 Å². The van der Waals surface area contributed by atoms with Crippen LogP contribution in [0.3, 0.4) is 0 Å². The Bertz CT molecular complexity index is 898. The number of nitro groups is 1. The molecule has 0 bridgehead atoms. The highest BCUT2D eigenvalue weighted by molar-refractivity contribution is 5.98. The summed E-state index contributed by atoms with van der Waals surface area (Å²) in [5.74, 6) is -0.375. The van der Waals surface area contributed by atoms with Crippen molar-refractivity contribution >= 4 is 28.7 Å². The number of carbonyl (C=O) groups is 1. The Balaban J connectivity index is 1.88. The summed E-state index contributed by atoms with van der Waals surface area (Å²) in [7, 11) is 0. The van der Waals surface area contributed by atoms with Gasteiger partial charge >= 0.3 is 0 Å². The molecule has 0 aliphatic carbocycles. The molecule has 3 aromatic rings. The van der Waals surface area contributed by atoms with E-state index in [-0.39, 0.29) is 11.6 Å². The molecule has 0 aliphatic rings. The number of para-hydroxylation sites is 1. The van der Waals surface area contributed by atoms with Crippen molar-refractivity contribution in [3.05, 3.63) is 70.3 Å². The maximum absolute atomic E-state index is 12.2. The van der Waals surface area contributed by atoms with Gasteiger partial charge in [0, 0.05) is 18.2 Å². The number of rotatable bonds is 3. The zero-order valence-electron chi connectivity index (χ0n) is 11.3. The first-order valence-electron chi connectivity index (χ1n) is 6.42. The number of hydrogen-bond donors (Lipinski definition) is 0. The van der Waals surface area contributed by atoms with Crippen LogP contribution in [0.15, 0.2) is 54.6 Å². The maximum atomic E-state index is 12.2. The summed E-state index contributed by atoms with van der Waals surface area (Å²) in [4.78, 5) is 22.4. The zero-order valence-corrected chi connectivity index (χ0v) is 11.3. The average molecular weight is 294 g/mol.